The first-order valence-electron chi connectivity index (χ1n) is 7.29. The van der Waals surface area contributed by atoms with Crippen molar-refractivity contribution < 1.29 is 28.3 Å². The average molecular weight is 346 g/mol. The molecule has 3 amide bonds. The van der Waals surface area contributed by atoms with Crippen molar-refractivity contribution in [2.24, 2.45) is 0 Å². The van der Waals surface area contributed by atoms with Crippen LogP contribution in [0.4, 0.5) is 13.6 Å². The summed E-state index contributed by atoms with van der Waals surface area (Å²) in [5.41, 5.74) is 0.452. The van der Waals surface area contributed by atoms with Crippen molar-refractivity contribution in [2.75, 3.05) is 6.54 Å². The molecule has 6 nitrogen and oxygen atoms in total. The van der Waals surface area contributed by atoms with E-state index in [2.05, 4.69) is 5.32 Å². The quantitative estimate of drug-likeness (QED) is 0.833. The van der Waals surface area contributed by atoms with Crippen molar-refractivity contribution >= 4 is 17.9 Å². The number of fused-ring (bicyclic) bond motifs is 1. The Hall–Kier alpha value is -3.29. The minimum atomic E-state index is -1.37. The SMILES string of the molecule is O=C(O)NCC(c1ccc(F)c(F)c1)N1C(=O)c2ccccc2C1=O. The standard InChI is InChI=1S/C17H12F2N2O4/c18-12-6-5-9(7-13(12)19)14(8-20-17(24)25)21-15(22)10-3-1-2-4-11(10)16(21)23/h1-7,14,20H,8H2,(H,24,25). The first kappa shape index (κ1) is 16.6. The molecule has 0 aromatic heterocycles. The largest absolute Gasteiger partial charge is 0.465 e. The van der Waals surface area contributed by atoms with Gasteiger partial charge in [0.15, 0.2) is 11.6 Å². The van der Waals surface area contributed by atoms with E-state index in [1.165, 1.54) is 18.2 Å². The number of carbonyl (C=O) groups excluding carboxylic acids is 2. The minimum absolute atomic E-state index is 0.0992. The van der Waals surface area contributed by atoms with Gasteiger partial charge in [0.2, 0.25) is 0 Å². The third kappa shape index (κ3) is 2.93. The van der Waals surface area contributed by atoms with Gasteiger partial charge in [0.05, 0.1) is 17.2 Å². The van der Waals surface area contributed by atoms with Crippen LogP contribution in [-0.2, 0) is 0 Å². The maximum atomic E-state index is 13.6. The van der Waals surface area contributed by atoms with Gasteiger partial charge in [-0.3, -0.25) is 14.5 Å². The van der Waals surface area contributed by atoms with E-state index in [0.29, 0.717) is 0 Å². The second-order valence-electron chi connectivity index (χ2n) is 5.40. The summed E-state index contributed by atoms with van der Waals surface area (Å²) in [4.78, 5) is 36.8. The molecule has 0 spiro atoms. The fourth-order valence-corrected chi connectivity index (χ4v) is 2.75. The number of benzene rings is 2. The summed E-state index contributed by atoms with van der Waals surface area (Å²) in [5.74, 6) is -3.49. The molecule has 0 saturated heterocycles. The Kier molecular flexibility index (Phi) is 4.18. The highest BCUT2D eigenvalue weighted by molar-refractivity contribution is 6.21. The maximum Gasteiger partial charge on any atom is 0.404 e. The molecule has 8 heteroatoms. The molecule has 0 aliphatic carbocycles. The van der Waals surface area contributed by atoms with Gasteiger partial charge in [-0.05, 0) is 29.8 Å². The third-order valence-corrected chi connectivity index (χ3v) is 3.91. The van der Waals surface area contributed by atoms with E-state index in [4.69, 9.17) is 5.11 Å². The molecule has 128 valence electrons. The van der Waals surface area contributed by atoms with Gasteiger partial charge in [0.25, 0.3) is 11.8 Å². The molecule has 3 rings (SSSR count). The second kappa shape index (κ2) is 6.31. The maximum absolute atomic E-state index is 13.6. The predicted molar refractivity (Wildman–Crippen MR) is 82.1 cm³/mol. The normalized spacial score (nSPS) is 14.4. The van der Waals surface area contributed by atoms with E-state index in [1.54, 1.807) is 12.1 Å². The first-order chi connectivity index (χ1) is 11.9. The number of carbonyl (C=O) groups is 3. The fourth-order valence-electron chi connectivity index (χ4n) is 2.75. The molecule has 1 atom stereocenters. The molecule has 1 unspecified atom stereocenters. The van der Waals surface area contributed by atoms with Crippen molar-refractivity contribution in [3.05, 3.63) is 70.8 Å². The summed E-state index contributed by atoms with van der Waals surface area (Å²) >= 11 is 0. The zero-order valence-corrected chi connectivity index (χ0v) is 12.7. The number of nitrogens with one attached hydrogen (secondary N) is 1. The molecule has 2 aromatic rings. The van der Waals surface area contributed by atoms with Crippen molar-refractivity contribution in [3.63, 3.8) is 0 Å². The van der Waals surface area contributed by atoms with Crippen molar-refractivity contribution in [1.29, 1.82) is 0 Å². The Labute approximate surface area is 140 Å². The van der Waals surface area contributed by atoms with Crippen LogP contribution in [0.25, 0.3) is 0 Å². The molecular weight excluding hydrogens is 334 g/mol. The van der Waals surface area contributed by atoms with Crippen molar-refractivity contribution in [2.45, 2.75) is 6.04 Å². The minimum Gasteiger partial charge on any atom is -0.465 e. The zero-order valence-electron chi connectivity index (χ0n) is 12.7. The van der Waals surface area contributed by atoms with Crippen LogP contribution in [0.1, 0.15) is 32.3 Å². The topological polar surface area (TPSA) is 86.7 Å². The van der Waals surface area contributed by atoms with Gasteiger partial charge in [-0.25, -0.2) is 13.6 Å². The number of rotatable bonds is 4. The number of carboxylic acid groups (broad SMARTS) is 1. The lowest BCUT2D eigenvalue weighted by Crippen LogP contribution is -2.41. The van der Waals surface area contributed by atoms with Crippen molar-refractivity contribution in [1.82, 2.24) is 10.2 Å². The highest BCUT2D eigenvalue weighted by atomic mass is 19.2. The summed E-state index contributed by atoms with van der Waals surface area (Å²) in [6.45, 7) is -0.355. The molecule has 0 bridgehead atoms. The summed E-state index contributed by atoms with van der Waals surface area (Å²) < 4.78 is 26.8. The van der Waals surface area contributed by atoms with Crippen LogP contribution in [0.3, 0.4) is 0 Å². The van der Waals surface area contributed by atoms with Gasteiger partial charge >= 0.3 is 6.09 Å². The lowest BCUT2D eigenvalue weighted by Gasteiger charge is -2.26. The highest BCUT2D eigenvalue weighted by Gasteiger charge is 2.40. The Morgan fingerprint density at radius 2 is 1.64 bits per heavy atom. The number of hydrogen-bond acceptors (Lipinski definition) is 3. The van der Waals surface area contributed by atoms with Crippen LogP contribution in [0, 0.1) is 11.6 Å². The number of imide groups is 1. The van der Waals surface area contributed by atoms with E-state index >= 15 is 0 Å². The monoisotopic (exact) mass is 346 g/mol. The van der Waals surface area contributed by atoms with E-state index in [9.17, 15) is 23.2 Å². The molecule has 0 fully saturated rings. The molecule has 2 N–H and O–H groups in total. The Balaban J connectivity index is 2.03. The smallest absolute Gasteiger partial charge is 0.404 e. The van der Waals surface area contributed by atoms with E-state index < -0.39 is 35.6 Å². The van der Waals surface area contributed by atoms with Gasteiger partial charge in [-0.1, -0.05) is 18.2 Å². The van der Waals surface area contributed by atoms with Crippen LogP contribution in [0.5, 0.6) is 0 Å². The summed E-state index contributed by atoms with van der Waals surface area (Å²) in [7, 11) is 0. The summed E-state index contributed by atoms with van der Waals surface area (Å²) in [5, 5.41) is 10.9. The average Bonchev–Trinajstić information content (AvgIpc) is 2.83. The number of hydrogen-bond donors (Lipinski definition) is 2. The first-order valence-corrected chi connectivity index (χ1v) is 7.29. The number of halogens is 2. The van der Waals surface area contributed by atoms with Crippen LogP contribution in [0.2, 0.25) is 0 Å². The van der Waals surface area contributed by atoms with Crippen LogP contribution < -0.4 is 5.32 Å². The molecule has 1 aliphatic heterocycles. The Bertz CT molecular complexity index is 850. The van der Waals surface area contributed by atoms with Gasteiger partial charge in [-0.2, -0.15) is 0 Å². The molecule has 2 aromatic carbocycles. The lowest BCUT2D eigenvalue weighted by atomic mass is 10.0. The molecule has 1 heterocycles. The van der Waals surface area contributed by atoms with Crippen LogP contribution >= 0.6 is 0 Å². The molecule has 0 radical (unpaired) electrons. The third-order valence-electron chi connectivity index (χ3n) is 3.91. The summed E-state index contributed by atoms with van der Waals surface area (Å²) in [6, 6.07) is 7.93. The fraction of sp³-hybridized carbons (Fsp3) is 0.118. The molecule has 0 saturated carbocycles. The van der Waals surface area contributed by atoms with Gasteiger partial charge in [0, 0.05) is 6.54 Å². The number of amides is 3. The van der Waals surface area contributed by atoms with E-state index in [0.717, 1.165) is 17.0 Å². The highest BCUT2D eigenvalue weighted by Crippen LogP contribution is 2.31. The Morgan fingerprint density at radius 3 is 2.16 bits per heavy atom. The molecule has 25 heavy (non-hydrogen) atoms. The summed E-state index contributed by atoms with van der Waals surface area (Å²) in [6.07, 6.45) is -1.37. The van der Waals surface area contributed by atoms with E-state index in [-0.39, 0.29) is 23.2 Å². The van der Waals surface area contributed by atoms with Crippen LogP contribution in [0.15, 0.2) is 42.5 Å². The van der Waals surface area contributed by atoms with E-state index in [1.807, 2.05) is 0 Å². The molecular formula is C17H12F2N2O4. The van der Waals surface area contributed by atoms with Crippen molar-refractivity contribution in [3.8, 4) is 0 Å². The van der Waals surface area contributed by atoms with Gasteiger partial charge < -0.3 is 10.4 Å². The lowest BCUT2D eigenvalue weighted by molar-refractivity contribution is 0.0578. The zero-order chi connectivity index (χ0) is 18.1. The van der Waals surface area contributed by atoms with Crippen LogP contribution in [-0.4, -0.2) is 34.5 Å². The predicted octanol–water partition coefficient (Wildman–Crippen LogP) is 2.57. The second-order valence-corrected chi connectivity index (χ2v) is 5.40. The Morgan fingerprint density at radius 1 is 1.04 bits per heavy atom. The number of nitrogens with zero attached hydrogens (tertiary/aromatic N) is 1. The molecule has 1 aliphatic rings. The van der Waals surface area contributed by atoms with Gasteiger partial charge in [-0.15, -0.1) is 0 Å². The van der Waals surface area contributed by atoms with Gasteiger partial charge in [0.1, 0.15) is 0 Å².